The molecule has 1 radical (unpaired) electrons. The Labute approximate surface area is 87.7 Å². The SMILES string of the molecule is [CH2]CCCC(OCC)(OCC)OCC. The fourth-order valence-corrected chi connectivity index (χ4v) is 1.34. The summed E-state index contributed by atoms with van der Waals surface area (Å²) in [6.07, 6.45) is 2.56. The third-order valence-corrected chi connectivity index (χ3v) is 1.83. The van der Waals surface area contributed by atoms with Gasteiger partial charge in [-0.05, 0) is 27.2 Å². The van der Waals surface area contributed by atoms with Crippen LogP contribution in [0, 0.1) is 6.92 Å². The first-order valence-electron chi connectivity index (χ1n) is 5.45. The van der Waals surface area contributed by atoms with Crippen LogP contribution in [-0.2, 0) is 14.2 Å². The van der Waals surface area contributed by atoms with Crippen LogP contribution in [0.5, 0.6) is 0 Å². The van der Waals surface area contributed by atoms with Crippen molar-refractivity contribution in [3.05, 3.63) is 6.92 Å². The molecule has 0 fully saturated rings. The monoisotopic (exact) mass is 203 g/mol. The molecule has 0 saturated carbocycles. The molecule has 0 atom stereocenters. The second-order valence-electron chi connectivity index (χ2n) is 2.94. The molecule has 0 saturated heterocycles. The van der Waals surface area contributed by atoms with Gasteiger partial charge >= 0.3 is 0 Å². The standard InChI is InChI=1S/C11H23O3/c1-5-9-10-11(12-6-2,13-7-3)14-8-4/h1,5-10H2,2-4H3. The van der Waals surface area contributed by atoms with Gasteiger partial charge in [0.15, 0.2) is 0 Å². The van der Waals surface area contributed by atoms with Gasteiger partial charge in [0.2, 0.25) is 0 Å². The van der Waals surface area contributed by atoms with Crippen molar-refractivity contribution in [1.82, 2.24) is 0 Å². The van der Waals surface area contributed by atoms with Crippen LogP contribution in [-0.4, -0.2) is 25.8 Å². The van der Waals surface area contributed by atoms with E-state index in [0.29, 0.717) is 19.8 Å². The third kappa shape index (κ3) is 4.94. The fourth-order valence-electron chi connectivity index (χ4n) is 1.34. The van der Waals surface area contributed by atoms with Gasteiger partial charge in [-0.1, -0.05) is 13.3 Å². The Balaban J connectivity index is 4.21. The van der Waals surface area contributed by atoms with Gasteiger partial charge in [-0.3, -0.25) is 0 Å². The molecule has 0 aliphatic heterocycles. The second-order valence-corrected chi connectivity index (χ2v) is 2.94. The molecule has 0 aromatic rings. The van der Waals surface area contributed by atoms with Crippen LogP contribution in [0.25, 0.3) is 0 Å². The molecule has 0 unspecified atom stereocenters. The fraction of sp³-hybridized carbons (Fsp3) is 0.909. The first-order valence-corrected chi connectivity index (χ1v) is 5.45. The largest absolute Gasteiger partial charge is 0.328 e. The molecule has 0 amide bonds. The highest BCUT2D eigenvalue weighted by Gasteiger charge is 2.31. The van der Waals surface area contributed by atoms with Gasteiger partial charge in [-0.15, -0.1) is 0 Å². The number of hydrogen-bond acceptors (Lipinski definition) is 3. The summed E-state index contributed by atoms with van der Waals surface area (Å²) in [6.45, 7) is 11.4. The van der Waals surface area contributed by atoms with Gasteiger partial charge in [0.1, 0.15) is 0 Å². The Morgan fingerprint density at radius 3 is 1.64 bits per heavy atom. The van der Waals surface area contributed by atoms with Crippen LogP contribution in [0.4, 0.5) is 0 Å². The zero-order chi connectivity index (χ0) is 10.9. The molecular weight excluding hydrogens is 180 g/mol. The second kappa shape index (κ2) is 8.21. The molecule has 3 nitrogen and oxygen atoms in total. The van der Waals surface area contributed by atoms with E-state index in [4.69, 9.17) is 14.2 Å². The van der Waals surface area contributed by atoms with E-state index < -0.39 is 5.97 Å². The number of rotatable bonds is 9. The van der Waals surface area contributed by atoms with Crippen LogP contribution in [0.1, 0.15) is 40.0 Å². The highest BCUT2D eigenvalue weighted by molar-refractivity contribution is 4.59. The average molecular weight is 203 g/mol. The molecular formula is C11H23O3. The quantitative estimate of drug-likeness (QED) is 0.539. The zero-order valence-corrected chi connectivity index (χ0v) is 9.67. The minimum Gasteiger partial charge on any atom is -0.328 e. The lowest BCUT2D eigenvalue weighted by atomic mass is 10.2. The Hall–Kier alpha value is -0.120. The Morgan fingerprint density at radius 2 is 1.36 bits per heavy atom. The summed E-state index contributed by atoms with van der Waals surface area (Å²) in [6, 6.07) is 0. The summed E-state index contributed by atoms with van der Waals surface area (Å²) in [4.78, 5) is 0. The minimum atomic E-state index is -0.837. The Morgan fingerprint density at radius 1 is 0.929 bits per heavy atom. The predicted octanol–water partition coefficient (Wildman–Crippen LogP) is 2.75. The van der Waals surface area contributed by atoms with Crippen LogP contribution in [0.2, 0.25) is 0 Å². The van der Waals surface area contributed by atoms with Gasteiger partial charge < -0.3 is 14.2 Å². The molecule has 0 aromatic carbocycles. The predicted molar refractivity (Wildman–Crippen MR) is 56.8 cm³/mol. The average Bonchev–Trinajstić information content (AvgIpc) is 2.16. The van der Waals surface area contributed by atoms with Crippen LogP contribution < -0.4 is 0 Å². The lowest BCUT2D eigenvalue weighted by molar-refractivity contribution is -0.379. The number of hydrogen-bond donors (Lipinski definition) is 0. The Bertz CT molecular complexity index is 109. The van der Waals surface area contributed by atoms with Crippen molar-refractivity contribution in [2.75, 3.05) is 19.8 Å². The number of ether oxygens (including phenoxy) is 3. The van der Waals surface area contributed by atoms with E-state index >= 15 is 0 Å². The van der Waals surface area contributed by atoms with Crippen LogP contribution >= 0.6 is 0 Å². The highest BCUT2D eigenvalue weighted by atomic mass is 16.9. The maximum atomic E-state index is 5.54. The summed E-state index contributed by atoms with van der Waals surface area (Å²) in [5.41, 5.74) is 0. The summed E-state index contributed by atoms with van der Waals surface area (Å²) in [5.74, 6) is -0.837. The van der Waals surface area contributed by atoms with E-state index in [0.717, 1.165) is 19.3 Å². The maximum Gasteiger partial charge on any atom is 0.282 e. The van der Waals surface area contributed by atoms with Crippen molar-refractivity contribution in [3.8, 4) is 0 Å². The van der Waals surface area contributed by atoms with E-state index in [2.05, 4.69) is 6.92 Å². The molecule has 0 heterocycles. The van der Waals surface area contributed by atoms with Gasteiger partial charge in [0.25, 0.3) is 5.97 Å². The van der Waals surface area contributed by atoms with Gasteiger partial charge in [-0.2, -0.15) is 0 Å². The van der Waals surface area contributed by atoms with Crippen molar-refractivity contribution < 1.29 is 14.2 Å². The topological polar surface area (TPSA) is 27.7 Å². The molecule has 0 spiro atoms. The molecule has 0 aliphatic carbocycles. The van der Waals surface area contributed by atoms with Crippen LogP contribution in [0.15, 0.2) is 0 Å². The lowest BCUT2D eigenvalue weighted by Gasteiger charge is -2.32. The van der Waals surface area contributed by atoms with Crippen molar-refractivity contribution in [1.29, 1.82) is 0 Å². The number of unbranched alkanes of at least 4 members (excludes halogenated alkanes) is 1. The molecule has 0 aromatic heterocycles. The van der Waals surface area contributed by atoms with E-state index in [-0.39, 0.29) is 0 Å². The molecule has 0 bridgehead atoms. The Kier molecular flexibility index (Phi) is 8.14. The first kappa shape index (κ1) is 13.9. The zero-order valence-electron chi connectivity index (χ0n) is 9.67. The van der Waals surface area contributed by atoms with Crippen molar-refractivity contribution in [3.63, 3.8) is 0 Å². The van der Waals surface area contributed by atoms with Crippen LogP contribution in [0.3, 0.4) is 0 Å². The van der Waals surface area contributed by atoms with E-state index in [1.807, 2.05) is 20.8 Å². The first-order chi connectivity index (χ1) is 6.74. The van der Waals surface area contributed by atoms with Crippen molar-refractivity contribution >= 4 is 0 Å². The molecule has 0 rings (SSSR count). The van der Waals surface area contributed by atoms with Gasteiger partial charge in [0, 0.05) is 26.2 Å². The van der Waals surface area contributed by atoms with Gasteiger partial charge in [0.05, 0.1) is 0 Å². The molecule has 3 heteroatoms. The summed E-state index contributed by atoms with van der Waals surface area (Å²) in [5, 5.41) is 0. The molecule has 0 aliphatic rings. The van der Waals surface area contributed by atoms with Crippen molar-refractivity contribution in [2.24, 2.45) is 0 Å². The molecule has 14 heavy (non-hydrogen) atoms. The smallest absolute Gasteiger partial charge is 0.282 e. The minimum absolute atomic E-state index is 0.594. The maximum absolute atomic E-state index is 5.54. The highest BCUT2D eigenvalue weighted by Crippen LogP contribution is 2.22. The summed E-state index contributed by atoms with van der Waals surface area (Å²) in [7, 11) is 0. The third-order valence-electron chi connectivity index (χ3n) is 1.83. The van der Waals surface area contributed by atoms with E-state index in [1.165, 1.54) is 0 Å². The lowest BCUT2D eigenvalue weighted by Crippen LogP contribution is -2.39. The molecule has 0 N–H and O–H groups in total. The summed E-state index contributed by atoms with van der Waals surface area (Å²) < 4.78 is 16.6. The van der Waals surface area contributed by atoms with E-state index in [9.17, 15) is 0 Å². The molecule has 85 valence electrons. The van der Waals surface area contributed by atoms with Gasteiger partial charge in [-0.25, -0.2) is 0 Å². The normalized spacial score (nSPS) is 12.0. The summed E-state index contributed by atoms with van der Waals surface area (Å²) >= 11 is 0. The van der Waals surface area contributed by atoms with Crippen molar-refractivity contribution in [2.45, 2.75) is 46.0 Å². The van der Waals surface area contributed by atoms with E-state index in [1.54, 1.807) is 0 Å².